The molecule has 0 radical (unpaired) electrons. The van der Waals surface area contributed by atoms with Gasteiger partial charge in [0.2, 0.25) is 5.60 Å². The summed E-state index contributed by atoms with van der Waals surface area (Å²) in [5.74, 6) is -0.357. The summed E-state index contributed by atoms with van der Waals surface area (Å²) in [6.45, 7) is 2.62. The SMILES string of the molecule is O=C(OC1CC2CCC(C1)[N+]21CCCC1)C(OCCl)(c1ccccc1)c1ccccc1.O=S(=O)([O-])C(F)(F)F. The summed E-state index contributed by atoms with van der Waals surface area (Å²) in [7, 11) is -6.09. The van der Waals surface area contributed by atoms with Crippen molar-refractivity contribution in [2.75, 3.05) is 19.2 Å². The van der Waals surface area contributed by atoms with Gasteiger partial charge in [-0.05, 0) is 11.1 Å². The summed E-state index contributed by atoms with van der Waals surface area (Å²) in [4.78, 5) is 13.9. The van der Waals surface area contributed by atoms with E-state index < -0.39 is 21.2 Å². The first kappa shape index (κ1) is 29.8. The summed E-state index contributed by atoms with van der Waals surface area (Å²) in [6, 6.07) is 20.4. The number of quaternary nitrogens is 1. The highest BCUT2D eigenvalue weighted by atomic mass is 35.5. The van der Waals surface area contributed by atoms with Gasteiger partial charge < -0.3 is 18.5 Å². The number of alkyl halides is 4. The molecule has 3 saturated heterocycles. The number of hydrogen-bond acceptors (Lipinski definition) is 6. The minimum atomic E-state index is -6.09. The van der Waals surface area contributed by atoms with E-state index in [4.69, 9.17) is 34.0 Å². The molecule has 1 spiro atoms. The van der Waals surface area contributed by atoms with Crippen LogP contribution in [-0.4, -0.2) is 66.3 Å². The fourth-order valence-corrected chi connectivity index (χ4v) is 6.76. The average molecular weight is 590 g/mol. The Balaban J connectivity index is 0.000000386. The lowest BCUT2D eigenvalue weighted by atomic mass is 9.85. The molecule has 2 bridgehead atoms. The zero-order chi connectivity index (χ0) is 28.3. The fourth-order valence-electron chi connectivity index (χ4n) is 6.60. The topological polar surface area (TPSA) is 92.7 Å². The van der Waals surface area contributed by atoms with Crippen molar-refractivity contribution in [2.24, 2.45) is 0 Å². The third kappa shape index (κ3) is 5.97. The standard InChI is InChI=1S/C26H31ClNO3.CHF3O3S/c27-19-30-26(20-9-3-1-4-10-20,21-11-5-2-6-12-21)25(29)31-24-17-22-13-14-23(18-24)28(22)15-7-8-16-28;2-1(3,4)8(5,6)7/h1-6,9-12,22-24H,7-8,13-19H2;(H,5,6,7)/q+1;/p-1. The molecule has 0 N–H and O–H groups in total. The molecule has 3 aliphatic heterocycles. The van der Waals surface area contributed by atoms with Crippen molar-refractivity contribution in [1.29, 1.82) is 0 Å². The number of hydrogen-bond donors (Lipinski definition) is 0. The van der Waals surface area contributed by atoms with Crippen LogP contribution in [0, 0.1) is 0 Å². The number of carbonyl (C=O) groups is 1. The van der Waals surface area contributed by atoms with Crippen LogP contribution in [0.3, 0.4) is 0 Å². The lowest BCUT2D eigenvalue weighted by Crippen LogP contribution is -2.60. The number of halogens is 4. The Bertz CT molecular complexity index is 1170. The first-order valence-electron chi connectivity index (χ1n) is 12.8. The van der Waals surface area contributed by atoms with Gasteiger partial charge >= 0.3 is 11.5 Å². The number of nitrogens with zero attached hydrogens (tertiary/aromatic N) is 1. The Kier molecular flexibility index (Phi) is 8.97. The smallest absolute Gasteiger partial charge is 0.485 e. The van der Waals surface area contributed by atoms with E-state index in [1.54, 1.807) is 0 Å². The fraction of sp³-hybridized carbons (Fsp3) is 0.519. The Hall–Kier alpha value is -2.18. The molecule has 214 valence electrons. The maximum Gasteiger partial charge on any atom is 0.485 e. The Morgan fingerprint density at radius 1 is 0.923 bits per heavy atom. The molecule has 0 aliphatic carbocycles. The van der Waals surface area contributed by atoms with Crippen molar-refractivity contribution in [2.45, 2.75) is 67.8 Å². The van der Waals surface area contributed by atoms with Crippen LogP contribution < -0.4 is 0 Å². The Morgan fingerprint density at radius 3 is 1.74 bits per heavy atom. The van der Waals surface area contributed by atoms with Crippen LogP contribution in [-0.2, 0) is 30.0 Å². The van der Waals surface area contributed by atoms with Crippen molar-refractivity contribution in [1.82, 2.24) is 0 Å². The minimum absolute atomic E-state index is 0.0555. The highest BCUT2D eigenvalue weighted by molar-refractivity contribution is 7.86. The molecular formula is C27H31ClF3NO6S. The molecule has 3 heterocycles. The maximum absolute atomic E-state index is 13.9. The number of esters is 1. The van der Waals surface area contributed by atoms with Crippen LogP contribution in [0.4, 0.5) is 13.2 Å². The van der Waals surface area contributed by atoms with E-state index in [2.05, 4.69) is 0 Å². The Morgan fingerprint density at radius 2 is 1.36 bits per heavy atom. The van der Waals surface area contributed by atoms with Crippen molar-refractivity contribution >= 4 is 27.7 Å². The van der Waals surface area contributed by atoms with Crippen molar-refractivity contribution < 1.29 is 44.9 Å². The lowest BCUT2D eigenvalue weighted by molar-refractivity contribution is -0.956. The molecule has 2 atom stereocenters. The molecular weight excluding hydrogens is 559 g/mol. The van der Waals surface area contributed by atoms with E-state index in [1.165, 1.54) is 43.3 Å². The highest BCUT2D eigenvalue weighted by Crippen LogP contribution is 2.47. The van der Waals surface area contributed by atoms with Gasteiger partial charge in [-0.1, -0.05) is 72.3 Å². The van der Waals surface area contributed by atoms with Crippen molar-refractivity contribution in [3.05, 3.63) is 71.8 Å². The number of carbonyl (C=O) groups excluding carboxylic acids is 1. The molecule has 12 heteroatoms. The Labute approximate surface area is 231 Å². The molecule has 39 heavy (non-hydrogen) atoms. The summed E-state index contributed by atoms with van der Waals surface area (Å²) < 4.78 is 72.5. The summed E-state index contributed by atoms with van der Waals surface area (Å²) in [5.41, 5.74) is -5.52. The van der Waals surface area contributed by atoms with Crippen LogP contribution in [0.2, 0.25) is 0 Å². The molecule has 5 rings (SSSR count). The molecule has 0 saturated carbocycles. The van der Waals surface area contributed by atoms with Crippen molar-refractivity contribution in [3.63, 3.8) is 0 Å². The van der Waals surface area contributed by atoms with E-state index in [0.29, 0.717) is 12.1 Å². The van der Waals surface area contributed by atoms with Crippen LogP contribution >= 0.6 is 11.6 Å². The summed E-state index contributed by atoms with van der Waals surface area (Å²) >= 11 is 6.08. The second-order valence-electron chi connectivity index (χ2n) is 10.2. The van der Waals surface area contributed by atoms with E-state index in [1.807, 2.05) is 60.7 Å². The minimum Gasteiger partial charge on any atom is -0.741 e. The van der Waals surface area contributed by atoms with Gasteiger partial charge in [0.15, 0.2) is 10.1 Å². The monoisotopic (exact) mass is 589 g/mol. The van der Waals surface area contributed by atoms with E-state index >= 15 is 0 Å². The largest absolute Gasteiger partial charge is 0.741 e. The van der Waals surface area contributed by atoms with Crippen LogP contribution in [0.5, 0.6) is 0 Å². The first-order chi connectivity index (χ1) is 18.4. The third-order valence-electron chi connectivity index (χ3n) is 8.23. The molecule has 2 aromatic rings. The van der Waals surface area contributed by atoms with E-state index in [0.717, 1.165) is 24.0 Å². The van der Waals surface area contributed by atoms with E-state index in [-0.39, 0.29) is 18.1 Å². The molecule has 2 aromatic carbocycles. The molecule has 0 aromatic heterocycles. The summed E-state index contributed by atoms with van der Waals surface area (Å²) in [5, 5.41) is 0. The number of ether oxygens (including phenoxy) is 2. The van der Waals surface area contributed by atoms with Crippen LogP contribution in [0.15, 0.2) is 60.7 Å². The highest BCUT2D eigenvalue weighted by Gasteiger charge is 2.56. The van der Waals surface area contributed by atoms with Crippen LogP contribution in [0.25, 0.3) is 0 Å². The summed E-state index contributed by atoms with van der Waals surface area (Å²) in [6.07, 6.45) is 7.07. The van der Waals surface area contributed by atoms with Gasteiger partial charge in [-0.2, -0.15) is 13.2 Å². The van der Waals surface area contributed by atoms with Gasteiger partial charge in [0.25, 0.3) is 0 Å². The predicted molar refractivity (Wildman–Crippen MR) is 136 cm³/mol. The maximum atomic E-state index is 13.9. The molecule has 7 nitrogen and oxygen atoms in total. The number of piperidine rings is 1. The number of benzene rings is 2. The third-order valence-corrected chi connectivity index (χ3v) is 8.91. The van der Waals surface area contributed by atoms with E-state index in [9.17, 15) is 18.0 Å². The molecule has 3 fully saturated rings. The lowest BCUT2D eigenvalue weighted by Gasteiger charge is -2.47. The van der Waals surface area contributed by atoms with Gasteiger partial charge in [-0.3, -0.25) is 0 Å². The predicted octanol–water partition coefficient (Wildman–Crippen LogP) is 5.04. The van der Waals surface area contributed by atoms with Gasteiger partial charge in [0.1, 0.15) is 12.2 Å². The first-order valence-corrected chi connectivity index (χ1v) is 14.8. The van der Waals surface area contributed by atoms with Gasteiger partial charge in [0.05, 0.1) is 25.2 Å². The molecule has 3 aliphatic rings. The molecule has 0 amide bonds. The normalized spacial score (nSPS) is 24.2. The molecule has 2 unspecified atom stereocenters. The van der Waals surface area contributed by atoms with Gasteiger partial charge in [0, 0.05) is 38.5 Å². The number of rotatable bonds is 6. The van der Waals surface area contributed by atoms with Gasteiger partial charge in [-0.15, -0.1) is 0 Å². The quantitative estimate of drug-likeness (QED) is 0.154. The zero-order valence-corrected chi connectivity index (χ0v) is 22.8. The zero-order valence-electron chi connectivity index (χ0n) is 21.2. The average Bonchev–Trinajstić information content (AvgIpc) is 3.44. The second-order valence-corrected chi connectivity index (χ2v) is 11.8. The second kappa shape index (κ2) is 11.7. The van der Waals surface area contributed by atoms with Gasteiger partial charge in [-0.25, -0.2) is 13.2 Å². The van der Waals surface area contributed by atoms with Crippen molar-refractivity contribution in [3.8, 4) is 0 Å². The van der Waals surface area contributed by atoms with Crippen LogP contribution in [0.1, 0.15) is 49.7 Å².